The average Bonchev–Trinajstić information content (AvgIpc) is 2.42. The van der Waals surface area contributed by atoms with E-state index >= 15 is 0 Å². The maximum absolute atomic E-state index is 12.0. The van der Waals surface area contributed by atoms with Gasteiger partial charge in [-0.25, -0.2) is 4.79 Å². The third kappa shape index (κ3) is 7.14. The van der Waals surface area contributed by atoms with Gasteiger partial charge < -0.3 is 20.3 Å². The van der Waals surface area contributed by atoms with E-state index in [-0.39, 0.29) is 6.09 Å². The first-order valence-corrected chi connectivity index (χ1v) is 8.26. The number of piperidine rings is 1. The van der Waals surface area contributed by atoms with E-state index in [2.05, 4.69) is 11.8 Å². The lowest BCUT2D eigenvalue weighted by Gasteiger charge is -2.35. The van der Waals surface area contributed by atoms with Crippen molar-refractivity contribution >= 4 is 6.09 Å². The molecule has 1 aliphatic heterocycles. The van der Waals surface area contributed by atoms with Gasteiger partial charge in [-0.05, 0) is 65.6 Å². The Morgan fingerprint density at radius 1 is 1.33 bits per heavy atom. The normalized spacial score (nSPS) is 17.3. The maximum atomic E-state index is 12.0. The number of carbonyl (C=O) groups is 1. The first-order chi connectivity index (χ1) is 9.85. The SMILES string of the molecule is CCN(CCCN)CC1CCN(C(=O)OC(C)(C)C)CC1. The van der Waals surface area contributed by atoms with Crippen molar-refractivity contribution in [2.75, 3.05) is 39.3 Å². The van der Waals surface area contributed by atoms with Gasteiger partial charge in [-0.1, -0.05) is 6.92 Å². The van der Waals surface area contributed by atoms with Crippen LogP contribution < -0.4 is 5.73 Å². The lowest BCUT2D eigenvalue weighted by molar-refractivity contribution is 0.0170. The van der Waals surface area contributed by atoms with E-state index in [1.165, 1.54) is 0 Å². The summed E-state index contributed by atoms with van der Waals surface area (Å²) >= 11 is 0. The van der Waals surface area contributed by atoms with Crippen LogP contribution in [0.1, 0.15) is 47.0 Å². The zero-order valence-electron chi connectivity index (χ0n) is 14.2. The topological polar surface area (TPSA) is 58.8 Å². The molecule has 0 aliphatic carbocycles. The average molecular weight is 299 g/mol. The quantitative estimate of drug-likeness (QED) is 0.817. The molecule has 5 heteroatoms. The minimum Gasteiger partial charge on any atom is -0.444 e. The van der Waals surface area contributed by atoms with Crippen LogP contribution in [0.4, 0.5) is 4.79 Å². The number of hydrogen-bond donors (Lipinski definition) is 1. The second-order valence-electron chi connectivity index (χ2n) is 6.95. The van der Waals surface area contributed by atoms with E-state index in [1.54, 1.807) is 0 Å². The van der Waals surface area contributed by atoms with Crippen LogP contribution in [0.5, 0.6) is 0 Å². The smallest absolute Gasteiger partial charge is 0.410 e. The van der Waals surface area contributed by atoms with Gasteiger partial charge in [-0.3, -0.25) is 0 Å². The molecule has 1 saturated heterocycles. The number of hydrogen-bond acceptors (Lipinski definition) is 4. The summed E-state index contributed by atoms with van der Waals surface area (Å²) in [6, 6.07) is 0. The molecule has 21 heavy (non-hydrogen) atoms. The minimum atomic E-state index is -0.408. The number of ether oxygens (including phenoxy) is 1. The lowest BCUT2D eigenvalue weighted by atomic mass is 9.96. The number of carbonyl (C=O) groups excluding carboxylic acids is 1. The molecular formula is C16H33N3O2. The Bertz CT molecular complexity index is 307. The van der Waals surface area contributed by atoms with Crippen LogP contribution in [0.25, 0.3) is 0 Å². The van der Waals surface area contributed by atoms with Crippen LogP contribution in [0.3, 0.4) is 0 Å². The fraction of sp³-hybridized carbons (Fsp3) is 0.938. The van der Waals surface area contributed by atoms with Gasteiger partial charge in [-0.15, -0.1) is 0 Å². The zero-order chi connectivity index (χ0) is 15.9. The molecule has 1 amide bonds. The molecule has 0 radical (unpaired) electrons. The van der Waals surface area contributed by atoms with Crippen molar-refractivity contribution in [1.29, 1.82) is 0 Å². The molecule has 0 aromatic carbocycles. The molecule has 0 aromatic rings. The minimum absolute atomic E-state index is 0.170. The fourth-order valence-corrected chi connectivity index (χ4v) is 2.68. The molecular weight excluding hydrogens is 266 g/mol. The van der Waals surface area contributed by atoms with Crippen LogP contribution in [0.15, 0.2) is 0 Å². The standard InChI is InChI=1S/C16H33N3O2/c1-5-18(10-6-9-17)13-14-7-11-19(12-8-14)15(20)21-16(2,3)4/h14H,5-13,17H2,1-4H3. The first-order valence-electron chi connectivity index (χ1n) is 8.26. The molecule has 0 bridgehead atoms. The van der Waals surface area contributed by atoms with E-state index in [0.29, 0.717) is 5.92 Å². The Hall–Kier alpha value is -0.810. The van der Waals surface area contributed by atoms with Crippen LogP contribution in [-0.2, 0) is 4.74 Å². The van der Waals surface area contributed by atoms with Crippen molar-refractivity contribution in [2.24, 2.45) is 11.7 Å². The van der Waals surface area contributed by atoms with Crippen molar-refractivity contribution in [3.8, 4) is 0 Å². The fourth-order valence-electron chi connectivity index (χ4n) is 2.68. The highest BCUT2D eigenvalue weighted by atomic mass is 16.6. The Labute approximate surface area is 129 Å². The van der Waals surface area contributed by atoms with Gasteiger partial charge in [0.2, 0.25) is 0 Å². The highest BCUT2D eigenvalue weighted by Gasteiger charge is 2.27. The largest absolute Gasteiger partial charge is 0.444 e. The molecule has 124 valence electrons. The Morgan fingerprint density at radius 2 is 1.95 bits per heavy atom. The molecule has 0 atom stereocenters. The second kappa shape index (κ2) is 8.59. The summed E-state index contributed by atoms with van der Waals surface area (Å²) in [5.74, 6) is 0.682. The third-order valence-electron chi connectivity index (χ3n) is 3.91. The van der Waals surface area contributed by atoms with Crippen LogP contribution >= 0.6 is 0 Å². The van der Waals surface area contributed by atoms with Gasteiger partial charge in [0.15, 0.2) is 0 Å². The van der Waals surface area contributed by atoms with Gasteiger partial charge in [0.05, 0.1) is 0 Å². The Kier molecular flexibility index (Phi) is 7.46. The highest BCUT2D eigenvalue weighted by molar-refractivity contribution is 5.68. The molecule has 1 fully saturated rings. The summed E-state index contributed by atoms with van der Waals surface area (Å²) in [6.45, 7) is 13.6. The summed E-state index contributed by atoms with van der Waals surface area (Å²) in [5, 5.41) is 0. The molecule has 0 saturated carbocycles. The van der Waals surface area contributed by atoms with Gasteiger partial charge in [0.1, 0.15) is 5.60 Å². The van der Waals surface area contributed by atoms with Crippen LogP contribution in [0, 0.1) is 5.92 Å². The molecule has 0 aromatic heterocycles. The number of amides is 1. The molecule has 2 N–H and O–H groups in total. The van der Waals surface area contributed by atoms with Crippen molar-refractivity contribution in [3.05, 3.63) is 0 Å². The summed E-state index contributed by atoms with van der Waals surface area (Å²) in [6.07, 6.45) is 3.03. The molecule has 5 nitrogen and oxygen atoms in total. The summed E-state index contributed by atoms with van der Waals surface area (Å²) in [5.41, 5.74) is 5.17. The van der Waals surface area contributed by atoms with Crippen LogP contribution in [0.2, 0.25) is 0 Å². The number of likely N-dealkylation sites (tertiary alicyclic amines) is 1. The highest BCUT2D eigenvalue weighted by Crippen LogP contribution is 2.20. The van der Waals surface area contributed by atoms with Crippen molar-refractivity contribution in [3.63, 3.8) is 0 Å². The first kappa shape index (κ1) is 18.2. The predicted octanol–water partition coefficient (Wildman–Crippen LogP) is 2.30. The summed E-state index contributed by atoms with van der Waals surface area (Å²) in [4.78, 5) is 16.3. The van der Waals surface area contributed by atoms with E-state index in [9.17, 15) is 4.79 Å². The second-order valence-corrected chi connectivity index (χ2v) is 6.95. The Morgan fingerprint density at radius 3 is 2.43 bits per heavy atom. The lowest BCUT2D eigenvalue weighted by Crippen LogP contribution is -2.44. The van der Waals surface area contributed by atoms with Gasteiger partial charge in [0, 0.05) is 19.6 Å². The molecule has 0 spiro atoms. The number of nitrogens with zero attached hydrogens (tertiary/aromatic N) is 2. The van der Waals surface area contributed by atoms with Crippen molar-refractivity contribution in [2.45, 2.75) is 52.6 Å². The van der Waals surface area contributed by atoms with Gasteiger partial charge >= 0.3 is 6.09 Å². The summed E-state index contributed by atoms with van der Waals surface area (Å²) < 4.78 is 5.43. The van der Waals surface area contributed by atoms with E-state index in [1.807, 2.05) is 25.7 Å². The van der Waals surface area contributed by atoms with Gasteiger partial charge in [-0.2, -0.15) is 0 Å². The monoisotopic (exact) mass is 299 g/mol. The van der Waals surface area contributed by atoms with E-state index < -0.39 is 5.60 Å². The number of rotatable bonds is 6. The molecule has 1 rings (SSSR count). The number of nitrogens with two attached hydrogens (primary N) is 1. The van der Waals surface area contributed by atoms with Crippen LogP contribution in [-0.4, -0.2) is 60.8 Å². The van der Waals surface area contributed by atoms with Gasteiger partial charge in [0.25, 0.3) is 0 Å². The third-order valence-corrected chi connectivity index (χ3v) is 3.91. The maximum Gasteiger partial charge on any atom is 0.410 e. The molecule has 0 unspecified atom stereocenters. The van der Waals surface area contributed by atoms with Crippen molar-refractivity contribution in [1.82, 2.24) is 9.80 Å². The Balaban J connectivity index is 2.32. The summed E-state index contributed by atoms with van der Waals surface area (Å²) in [7, 11) is 0. The van der Waals surface area contributed by atoms with E-state index in [0.717, 1.165) is 58.5 Å². The van der Waals surface area contributed by atoms with Crippen molar-refractivity contribution < 1.29 is 9.53 Å². The zero-order valence-corrected chi connectivity index (χ0v) is 14.2. The molecule has 1 heterocycles. The van der Waals surface area contributed by atoms with E-state index in [4.69, 9.17) is 10.5 Å². The predicted molar refractivity (Wildman–Crippen MR) is 86.3 cm³/mol. The molecule has 1 aliphatic rings.